The molecule has 3 aromatic rings. The lowest BCUT2D eigenvalue weighted by atomic mass is 10.1. The Morgan fingerprint density at radius 2 is 1.92 bits per heavy atom. The van der Waals surface area contributed by atoms with Gasteiger partial charge in [-0.1, -0.05) is 5.21 Å². The summed E-state index contributed by atoms with van der Waals surface area (Å²) in [6.45, 7) is 3.62. The quantitative estimate of drug-likeness (QED) is 0.687. The standard InChI is InChI=1S/C16H21N9/c1-12-18-4-6-24(12)16-9-17-8-15(20-16)23-10-13(22(2)3)14(11-23)25-7-5-19-21-25/h4-9,13-14H,10-11H2,1-3H3/t13-,14+/m1/s1. The van der Waals surface area contributed by atoms with Crippen LogP contribution in [-0.4, -0.2) is 72.6 Å². The molecule has 0 N–H and O–H groups in total. The van der Waals surface area contributed by atoms with E-state index in [2.05, 4.69) is 44.2 Å². The van der Waals surface area contributed by atoms with Crippen LogP contribution < -0.4 is 4.90 Å². The van der Waals surface area contributed by atoms with Gasteiger partial charge in [-0.15, -0.1) is 5.10 Å². The van der Waals surface area contributed by atoms with Gasteiger partial charge in [0, 0.05) is 31.7 Å². The summed E-state index contributed by atoms with van der Waals surface area (Å²) < 4.78 is 3.87. The van der Waals surface area contributed by atoms with Gasteiger partial charge in [0.2, 0.25) is 0 Å². The maximum atomic E-state index is 4.79. The van der Waals surface area contributed by atoms with Gasteiger partial charge in [0.15, 0.2) is 5.82 Å². The molecule has 4 heterocycles. The van der Waals surface area contributed by atoms with Gasteiger partial charge in [0.25, 0.3) is 0 Å². The first-order valence-corrected chi connectivity index (χ1v) is 8.23. The van der Waals surface area contributed by atoms with Crippen LogP contribution in [0.3, 0.4) is 0 Å². The van der Waals surface area contributed by atoms with E-state index in [0.29, 0.717) is 6.04 Å². The van der Waals surface area contributed by atoms with Gasteiger partial charge in [-0.05, 0) is 21.0 Å². The minimum absolute atomic E-state index is 0.220. The Kier molecular flexibility index (Phi) is 3.92. The maximum Gasteiger partial charge on any atom is 0.159 e. The lowest BCUT2D eigenvalue weighted by Crippen LogP contribution is -2.36. The number of likely N-dealkylation sites (N-methyl/N-ethyl adjacent to an activating group) is 1. The molecule has 25 heavy (non-hydrogen) atoms. The predicted molar refractivity (Wildman–Crippen MR) is 92.6 cm³/mol. The second kappa shape index (κ2) is 6.25. The fourth-order valence-corrected chi connectivity index (χ4v) is 3.35. The summed E-state index contributed by atoms with van der Waals surface area (Å²) in [5, 5.41) is 8.15. The van der Waals surface area contributed by atoms with Crippen LogP contribution in [0.1, 0.15) is 11.9 Å². The topological polar surface area (TPSA) is 80.8 Å². The second-order valence-corrected chi connectivity index (χ2v) is 6.47. The Hall–Kier alpha value is -2.81. The Morgan fingerprint density at radius 3 is 2.60 bits per heavy atom. The molecule has 1 fully saturated rings. The first-order chi connectivity index (χ1) is 12.1. The van der Waals surface area contributed by atoms with E-state index in [1.165, 1.54) is 0 Å². The zero-order valence-electron chi connectivity index (χ0n) is 14.6. The fourth-order valence-electron chi connectivity index (χ4n) is 3.35. The molecule has 3 aromatic heterocycles. The summed E-state index contributed by atoms with van der Waals surface area (Å²) in [5.74, 6) is 2.53. The number of aryl methyl sites for hydroxylation is 1. The van der Waals surface area contributed by atoms with E-state index in [1.807, 2.05) is 34.8 Å². The summed E-state index contributed by atoms with van der Waals surface area (Å²) in [4.78, 5) is 17.9. The molecule has 9 heteroatoms. The smallest absolute Gasteiger partial charge is 0.159 e. The largest absolute Gasteiger partial charge is 0.351 e. The van der Waals surface area contributed by atoms with Crippen molar-refractivity contribution in [3.05, 3.63) is 43.0 Å². The van der Waals surface area contributed by atoms with Gasteiger partial charge in [-0.25, -0.2) is 14.6 Å². The number of hydrogen-bond acceptors (Lipinski definition) is 7. The molecule has 9 nitrogen and oxygen atoms in total. The number of nitrogens with zero attached hydrogens (tertiary/aromatic N) is 9. The molecule has 2 atom stereocenters. The number of anilines is 1. The van der Waals surface area contributed by atoms with Crippen molar-refractivity contribution < 1.29 is 0 Å². The lowest BCUT2D eigenvalue weighted by molar-refractivity contribution is 0.243. The highest BCUT2D eigenvalue weighted by Crippen LogP contribution is 2.28. The van der Waals surface area contributed by atoms with E-state index in [0.717, 1.165) is 30.5 Å². The van der Waals surface area contributed by atoms with Crippen LogP contribution in [0.2, 0.25) is 0 Å². The van der Waals surface area contributed by atoms with Gasteiger partial charge in [0.05, 0.1) is 30.7 Å². The van der Waals surface area contributed by atoms with Crippen molar-refractivity contribution in [2.45, 2.75) is 19.0 Å². The minimum atomic E-state index is 0.220. The number of aromatic nitrogens is 7. The van der Waals surface area contributed by atoms with Gasteiger partial charge < -0.3 is 9.80 Å². The van der Waals surface area contributed by atoms with E-state index in [1.54, 1.807) is 18.6 Å². The molecule has 0 radical (unpaired) electrons. The van der Waals surface area contributed by atoms with E-state index in [9.17, 15) is 0 Å². The van der Waals surface area contributed by atoms with Crippen LogP contribution in [0.5, 0.6) is 0 Å². The van der Waals surface area contributed by atoms with E-state index in [-0.39, 0.29) is 6.04 Å². The van der Waals surface area contributed by atoms with Crippen LogP contribution in [-0.2, 0) is 0 Å². The summed E-state index contributed by atoms with van der Waals surface area (Å²) in [7, 11) is 4.18. The third-order valence-corrected chi connectivity index (χ3v) is 4.71. The Bertz CT molecular complexity index is 839. The number of rotatable bonds is 4. The van der Waals surface area contributed by atoms with Crippen LogP contribution in [0, 0.1) is 6.92 Å². The summed E-state index contributed by atoms with van der Waals surface area (Å²) in [6.07, 6.45) is 10.9. The lowest BCUT2D eigenvalue weighted by Gasteiger charge is -2.24. The van der Waals surface area contributed by atoms with Crippen molar-refractivity contribution in [2.24, 2.45) is 0 Å². The van der Waals surface area contributed by atoms with Crippen LogP contribution in [0.4, 0.5) is 5.82 Å². The van der Waals surface area contributed by atoms with Crippen molar-refractivity contribution in [3.63, 3.8) is 0 Å². The molecule has 130 valence electrons. The predicted octanol–water partition coefficient (Wildman–Crippen LogP) is 0.554. The molecular weight excluding hydrogens is 318 g/mol. The third kappa shape index (κ3) is 2.86. The molecule has 0 unspecified atom stereocenters. The molecule has 0 aliphatic carbocycles. The van der Waals surface area contributed by atoms with E-state index in [4.69, 9.17) is 4.98 Å². The van der Waals surface area contributed by atoms with Crippen molar-refractivity contribution in [2.75, 3.05) is 32.1 Å². The first-order valence-electron chi connectivity index (χ1n) is 8.23. The van der Waals surface area contributed by atoms with Crippen molar-refractivity contribution in [1.82, 2.24) is 39.4 Å². The number of hydrogen-bond donors (Lipinski definition) is 0. The van der Waals surface area contributed by atoms with Crippen molar-refractivity contribution in [3.8, 4) is 5.82 Å². The van der Waals surface area contributed by atoms with Gasteiger partial charge >= 0.3 is 0 Å². The monoisotopic (exact) mass is 339 g/mol. The second-order valence-electron chi connectivity index (χ2n) is 6.47. The molecular formula is C16H21N9. The van der Waals surface area contributed by atoms with Crippen molar-refractivity contribution >= 4 is 5.82 Å². The summed E-state index contributed by atoms with van der Waals surface area (Å²) in [6, 6.07) is 0.542. The molecule has 0 saturated carbocycles. The highest BCUT2D eigenvalue weighted by molar-refractivity contribution is 5.42. The zero-order chi connectivity index (χ0) is 17.4. The SMILES string of the molecule is Cc1nccn1-c1cncc(N2C[C@@H](N(C)C)[C@@H](n3ccnn3)C2)n1. The highest BCUT2D eigenvalue weighted by Gasteiger charge is 2.36. The van der Waals surface area contributed by atoms with E-state index >= 15 is 0 Å². The van der Waals surface area contributed by atoms with Gasteiger partial charge in [0.1, 0.15) is 11.6 Å². The first kappa shape index (κ1) is 15.7. The summed E-state index contributed by atoms with van der Waals surface area (Å²) >= 11 is 0. The molecule has 1 aliphatic rings. The van der Waals surface area contributed by atoms with Gasteiger partial charge in [-0.2, -0.15) is 0 Å². The van der Waals surface area contributed by atoms with E-state index < -0.39 is 0 Å². The molecule has 0 spiro atoms. The van der Waals surface area contributed by atoms with Gasteiger partial charge in [-0.3, -0.25) is 9.55 Å². The molecule has 0 amide bonds. The molecule has 1 aliphatic heterocycles. The number of imidazole rings is 1. The van der Waals surface area contributed by atoms with Crippen LogP contribution >= 0.6 is 0 Å². The zero-order valence-corrected chi connectivity index (χ0v) is 14.6. The Morgan fingerprint density at radius 1 is 1.08 bits per heavy atom. The Labute approximate surface area is 145 Å². The van der Waals surface area contributed by atoms with Crippen molar-refractivity contribution in [1.29, 1.82) is 0 Å². The maximum absolute atomic E-state index is 4.79. The minimum Gasteiger partial charge on any atom is -0.351 e. The fraction of sp³-hybridized carbons (Fsp3) is 0.438. The van der Waals surface area contributed by atoms with Crippen LogP contribution in [0.25, 0.3) is 5.82 Å². The Balaban J connectivity index is 1.63. The van der Waals surface area contributed by atoms with Crippen LogP contribution in [0.15, 0.2) is 37.2 Å². The highest BCUT2D eigenvalue weighted by atomic mass is 15.5. The normalized spacial score (nSPS) is 20.6. The average molecular weight is 339 g/mol. The molecule has 0 aromatic carbocycles. The third-order valence-electron chi connectivity index (χ3n) is 4.71. The summed E-state index contributed by atoms with van der Waals surface area (Å²) in [5.41, 5.74) is 0. The molecule has 1 saturated heterocycles. The molecule has 0 bridgehead atoms. The molecule has 4 rings (SSSR count). The average Bonchev–Trinajstić information content (AvgIpc) is 3.34.